The molecule has 0 bridgehead atoms. The van der Waals surface area contributed by atoms with Gasteiger partial charge in [-0.3, -0.25) is 4.79 Å². The van der Waals surface area contributed by atoms with E-state index in [0.717, 1.165) is 19.4 Å². The van der Waals surface area contributed by atoms with Gasteiger partial charge in [0.15, 0.2) is 5.75 Å². The minimum absolute atomic E-state index is 0.299. The molecule has 1 fully saturated rings. The van der Waals surface area contributed by atoms with Crippen molar-refractivity contribution < 1.29 is 18.3 Å². The van der Waals surface area contributed by atoms with Crippen molar-refractivity contribution in [3.63, 3.8) is 0 Å². The first-order chi connectivity index (χ1) is 6.99. The molecule has 1 aliphatic rings. The first kappa shape index (κ1) is 12.4. The summed E-state index contributed by atoms with van der Waals surface area (Å²) in [6.07, 6.45) is 2.88. The van der Waals surface area contributed by atoms with Crippen LogP contribution in [0.1, 0.15) is 19.3 Å². The maximum atomic E-state index is 11.1. The van der Waals surface area contributed by atoms with Gasteiger partial charge in [0, 0.05) is 12.6 Å². The average molecular weight is 236 g/mol. The van der Waals surface area contributed by atoms with Gasteiger partial charge in [-0.05, 0) is 25.8 Å². The number of aliphatic carboxylic acids is 1. The van der Waals surface area contributed by atoms with E-state index in [1.54, 1.807) is 0 Å². The minimum atomic E-state index is -3.65. The van der Waals surface area contributed by atoms with Gasteiger partial charge in [0.05, 0.1) is 0 Å². The van der Waals surface area contributed by atoms with E-state index in [1.807, 2.05) is 0 Å². The van der Waals surface area contributed by atoms with Gasteiger partial charge in [0.1, 0.15) is 0 Å². The molecule has 0 spiro atoms. The van der Waals surface area contributed by atoms with Gasteiger partial charge < -0.3 is 10.4 Å². The predicted molar refractivity (Wildman–Crippen MR) is 55.1 cm³/mol. The Kier molecular flexibility index (Phi) is 4.49. The maximum Gasteiger partial charge on any atom is 0.320 e. The molecule has 0 amide bonds. The number of sulfonamides is 1. The zero-order valence-corrected chi connectivity index (χ0v) is 9.22. The van der Waals surface area contributed by atoms with Crippen LogP contribution in [-0.2, 0) is 14.8 Å². The lowest BCUT2D eigenvalue weighted by atomic mass is 10.2. The SMILES string of the molecule is O=C(O)CS(=O)(=O)NCC[C@H]1CCCN1. The van der Waals surface area contributed by atoms with Crippen molar-refractivity contribution in [2.45, 2.75) is 25.3 Å². The second-order valence-electron chi connectivity index (χ2n) is 3.63. The first-order valence-corrected chi connectivity index (χ1v) is 6.57. The van der Waals surface area contributed by atoms with Crippen molar-refractivity contribution in [2.75, 3.05) is 18.8 Å². The van der Waals surface area contributed by atoms with Crippen LogP contribution in [0, 0.1) is 0 Å². The second-order valence-corrected chi connectivity index (χ2v) is 5.44. The van der Waals surface area contributed by atoms with Gasteiger partial charge in [-0.25, -0.2) is 13.1 Å². The quantitative estimate of drug-likeness (QED) is 0.557. The van der Waals surface area contributed by atoms with Crippen LogP contribution in [0.5, 0.6) is 0 Å². The summed E-state index contributed by atoms with van der Waals surface area (Å²) >= 11 is 0. The summed E-state index contributed by atoms with van der Waals surface area (Å²) in [7, 11) is -3.65. The van der Waals surface area contributed by atoms with E-state index in [2.05, 4.69) is 10.0 Å². The van der Waals surface area contributed by atoms with Crippen LogP contribution in [-0.4, -0.2) is 44.4 Å². The van der Waals surface area contributed by atoms with Crippen molar-refractivity contribution in [3.05, 3.63) is 0 Å². The molecule has 0 aromatic heterocycles. The average Bonchev–Trinajstić information content (AvgIpc) is 2.53. The smallest absolute Gasteiger partial charge is 0.320 e. The number of carbonyl (C=O) groups is 1. The van der Waals surface area contributed by atoms with Gasteiger partial charge >= 0.3 is 5.97 Å². The molecule has 1 rings (SSSR count). The Hall–Kier alpha value is -0.660. The summed E-state index contributed by atoms with van der Waals surface area (Å²) < 4.78 is 24.5. The van der Waals surface area contributed by atoms with E-state index in [9.17, 15) is 13.2 Å². The van der Waals surface area contributed by atoms with Crippen LogP contribution in [0.3, 0.4) is 0 Å². The second kappa shape index (κ2) is 5.43. The van der Waals surface area contributed by atoms with Crippen LogP contribution in [0.4, 0.5) is 0 Å². The predicted octanol–water partition coefficient (Wildman–Crippen LogP) is -0.867. The summed E-state index contributed by atoms with van der Waals surface area (Å²) in [6.45, 7) is 1.28. The van der Waals surface area contributed by atoms with E-state index in [-0.39, 0.29) is 0 Å². The van der Waals surface area contributed by atoms with Crippen LogP contribution < -0.4 is 10.0 Å². The molecule has 0 aliphatic carbocycles. The molecule has 0 unspecified atom stereocenters. The molecular formula is C8H16N2O4S. The summed E-state index contributed by atoms with van der Waals surface area (Å²) in [4.78, 5) is 10.2. The fraction of sp³-hybridized carbons (Fsp3) is 0.875. The zero-order valence-electron chi connectivity index (χ0n) is 8.40. The minimum Gasteiger partial charge on any atom is -0.480 e. The monoisotopic (exact) mass is 236 g/mol. The molecule has 1 aliphatic heterocycles. The number of carboxylic acid groups (broad SMARTS) is 1. The van der Waals surface area contributed by atoms with Crippen molar-refractivity contribution in [3.8, 4) is 0 Å². The highest BCUT2D eigenvalue weighted by molar-refractivity contribution is 7.90. The number of hydrogen-bond acceptors (Lipinski definition) is 4. The molecule has 88 valence electrons. The van der Waals surface area contributed by atoms with E-state index in [1.165, 1.54) is 0 Å². The van der Waals surface area contributed by atoms with Crippen LogP contribution >= 0.6 is 0 Å². The zero-order chi connectivity index (χ0) is 11.3. The van der Waals surface area contributed by atoms with Gasteiger partial charge in [0.2, 0.25) is 10.0 Å². The van der Waals surface area contributed by atoms with Crippen LogP contribution in [0.15, 0.2) is 0 Å². The number of hydrogen-bond donors (Lipinski definition) is 3. The third-order valence-electron chi connectivity index (χ3n) is 2.29. The normalized spacial score (nSPS) is 21.7. The van der Waals surface area contributed by atoms with E-state index >= 15 is 0 Å². The summed E-state index contributed by atoms with van der Waals surface area (Å²) in [5.41, 5.74) is 0. The standard InChI is InChI=1S/C8H16N2O4S/c11-8(12)6-15(13,14)10-5-3-7-2-1-4-9-7/h7,9-10H,1-6H2,(H,11,12)/t7-/m1/s1. The Labute approximate surface area is 89.1 Å². The first-order valence-electron chi connectivity index (χ1n) is 4.92. The van der Waals surface area contributed by atoms with E-state index < -0.39 is 21.7 Å². The van der Waals surface area contributed by atoms with Crippen LogP contribution in [0.2, 0.25) is 0 Å². The summed E-state index contributed by atoms with van der Waals surface area (Å²) in [5, 5.41) is 11.6. The molecule has 7 heteroatoms. The number of nitrogens with one attached hydrogen (secondary N) is 2. The Bertz CT molecular complexity index is 309. The molecular weight excluding hydrogens is 220 g/mol. The third kappa shape index (κ3) is 5.10. The largest absolute Gasteiger partial charge is 0.480 e. The van der Waals surface area contributed by atoms with Crippen molar-refractivity contribution in [1.82, 2.24) is 10.0 Å². The number of carboxylic acids is 1. The third-order valence-corrected chi connectivity index (χ3v) is 3.56. The van der Waals surface area contributed by atoms with Gasteiger partial charge in [-0.15, -0.1) is 0 Å². The fourth-order valence-corrected chi connectivity index (χ4v) is 2.46. The topological polar surface area (TPSA) is 95.5 Å². The lowest BCUT2D eigenvalue weighted by molar-refractivity contribution is -0.134. The van der Waals surface area contributed by atoms with E-state index in [0.29, 0.717) is 19.0 Å². The molecule has 0 saturated carbocycles. The number of rotatable bonds is 6. The molecule has 15 heavy (non-hydrogen) atoms. The lowest BCUT2D eigenvalue weighted by Gasteiger charge is -2.10. The highest BCUT2D eigenvalue weighted by Crippen LogP contribution is 2.07. The Morgan fingerprint density at radius 1 is 1.53 bits per heavy atom. The molecule has 3 N–H and O–H groups in total. The molecule has 0 aromatic rings. The van der Waals surface area contributed by atoms with Gasteiger partial charge in [0.25, 0.3) is 0 Å². The van der Waals surface area contributed by atoms with Crippen LogP contribution in [0.25, 0.3) is 0 Å². The molecule has 0 aromatic carbocycles. The van der Waals surface area contributed by atoms with E-state index in [4.69, 9.17) is 5.11 Å². The molecule has 1 atom stereocenters. The molecule has 0 radical (unpaired) electrons. The highest BCUT2D eigenvalue weighted by Gasteiger charge is 2.17. The summed E-state index contributed by atoms with van der Waals surface area (Å²) in [6, 6.07) is 0.359. The highest BCUT2D eigenvalue weighted by atomic mass is 32.2. The van der Waals surface area contributed by atoms with Gasteiger partial charge in [-0.2, -0.15) is 0 Å². The molecule has 6 nitrogen and oxygen atoms in total. The molecule has 1 saturated heterocycles. The van der Waals surface area contributed by atoms with Crippen molar-refractivity contribution >= 4 is 16.0 Å². The maximum absolute atomic E-state index is 11.1. The Morgan fingerprint density at radius 3 is 2.80 bits per heavy atom. The molecule has 1 heterocycles. The Morgan fingerprint density at radius 2 is 2.27 bits per heavy atom. The fourth-order valence-electron chi connectivity index (χ4n) is 1.61. The Balaban J connectivity index is 2.20. The van der Waals surface area contributed by atoms with Crippen molar-refractivity contribution in [2.24, 2.45) is 0 Å². The lowest BCUT2D eigenvalue weighted by Crippen LogP contribution is -2.33. The van der Waals surface area contributed by atoms with Gasteiger partial charge in [-0.1, -0.05) is 0 Å². The van der Waals surface area contributed by atoms with Crippen molar-refractivity contribution in [1.29, 1.82) is 0 Å². The summed E-state index contributed by atoms with van der Waals surface area (Å²) in [5.74, 6) is -2.19.